The first-order valence-corrected chi connectivity index (χ1v) is 12.6. The van der Waals surface area contributed by atoms with Crippen molar-refractivity contribution in [2.24, 2.45) is 18.7 Å². The van der Waals surface area contributed by atoms with E-state index in [9.17, 15) is 26.4 Å². The molecule has 1 aromatic heterocycles. The molecule has 0 radical (unpaired) electrons. The lowest BCUT2D eigenvalue weighted by Gasteiger charge is -2.34. The van der Waals surface area contributed by atoms with Crippen LogP contribution in [0.1, 0.15) is 29.8 Å². The average Bonchev–Trinajstić information content (AvgIpc) is 3.23. The van der Waals surface area contributed by atoms with E-state index >= 15 is 0 Å². The summed E-state index contributed by atoms with van der Waals surface area (Å²) in [5.74, 6) is -1.11. The highest BCUT2D eigenvalue weighted by atomic mass is 32.2. The summed E-state index contributed by atoms with van der Waals surface area (Å²) in [6.45, 7) is 0.354. The number of nitrogens with zero attached hydrogens (tertiary/aromatic N) is 3. The van der Waals surface area contributed by atoms with Crippen LogP contribution >= 0.6 is 0 Å². The van der Waals surface area contributed by atoms with Crippen molar-refractivity contribution in [2.45, 2.75) is 30.2 Å². The summed E-state index contributed by atoms with van der Waals surface area (Å²) in [4.78, 5) is 25.6. The van der Waals surface area contributed by atoms with E-state index in [0.717, 1.165) is 0 Å². The Balaban J connectivity index is 1.64. The molecule has 3 heterocycles. The molecule has 1 atom stereocenters. The Labute approximate surface area is 170 Å². The summed E-state index contributed by atoms with van der Waals surface area (Å²) in [6, 6.07) is 0.939. The molecule has 2 saturated heterocycles. The number of aromatic nitrogens is 1. The second kappa shape index (κ2) is 7.73. The molecule has 0 unspecified atom stereocenters. The van der Waals surface area contributed by atoms with Crippen LogP contribution in [0, 0.1) is 5.92 Å². The van der Waals surface area contributed by atoms with Gasteiger partial charge in [-0.2, -0.15) is 4.31 Å². The van der Waals surface area contributed by atoms with Crippen molar-refractivity contribution < 1.29 is 26.4 Å². The largest absolute Gasteiger partial charge is 0.364 e. The molecule has 3 rings (SSSR count). The van der Waals surface area contributed by atoms with Gasteiger partial charge < -0.3 is 15.2 Å². The Morgan fingerprint density at radius 1 is 1.21 bits per heavy atom. The van der Waals surface area contributed by atoms with Crippen LogP contribution in [0.5, 0.6) is 0 Å². The maximum absolute atomic E-state index is 12.9. The quantitative estimate of drug-likeness (QED) is 0.626. The van der Waals surface area contributed by atoms with Gasteiger partial charge in [0.1, 0.15) is 10.6 Å². The maximum atomic E-state index is 12.9. The predicted molar refractivity (Wildman–Crippen MR) is 105 cm³/mol. The lowest BCUT2D eigenvalue weighted by atomic mass is 9.96. The molecular weight excluding hydrogens is 420 g/mol. The van der Waals surface area contributed by atoms with Gasteiger partial charge >= 0.3 is 0 Å². The van der Waals surface area contributed by atoms with Gasteiger partial charge in [-0.1, -0.05) is 0 Å². The number of nitrogens with two attached hydrogens (primary N) is 1. The minimum atomic E-state index is -3.80. The monoisotopic (exact) mass is 446 g/mol. The van der Waals surface area contributed by atoms with Gasteiger partial charge in [0.2, 0.25) is 15.9 Å². The molecule has 0 saturated carbocycles. The molecule has 2 N–H and O–H groups in total. The van der Waals surface area contributed by atoms with Crippen LogP contribution in [-0.4, -0.2) is 80.1 Å². The van der Waals surface area contributed by atoms with E-state index < -0.39 is 25.8 Å². The molecule has 10 nitrogen and oxygen atoms in total. The van der Waals surface area contributed by atoms with E-state index in [1.54, 1.807) is 14.1 Å². The zero-order valence-corrected chi connectivity index (χ0v) is 18.1. The number of aryl methyl sites for hydroxylation is 1. The third-order valence-corrected chi connectivity index (χ3v) is 9.39. The highest BCUT2D eigenvalue weighted by molar-refractivity contribution is 7.91. The van der Waals surface area contributed by atoms with Crippen LogP contribution in [0.15, 0.2) is 17.2 Å². The van der Waals surface area contributed by atoms with Crippen molar-refractivity contribution in [3.05, 3.63) is 18.0 Å². The summed E-state index contributed by atoms with van der Waals surface area (Å²) in [7, 11) is -3.72. The maximum Gasteiger partial charge on any atom is 0.265 e. The highest BCUT2D eigenvalue weighted by Gasteiger charge is 2.38. The number of rotatable bonds is 5. The van der Waals surface area contributed by atoms with E-state index in [4.69, 9.17) is 5.73 Å². The van der Waals surface area contributed by atoms with Gasteiger partial charge in [0, 0.05) is 45.3 Å². The Morgan fingerprint density at radius 3 is 2.31 bits per heavy atom. The number of carbonyl (C=O) groups excluding carboxylic acids is 2. The zero-order chi connectivity index (χ0) is 21.6. The molecule has 2 aliphatic rings. The van der Waals surface area contributed by atoms with Gasteiger partial charge in [-0.15, -0.1) is 0 Å². The number of hydrogen-bond acceptors (Lipinski definition) is 6. The predicted octanol–water partition coefficient (Wildman–Crippen LogP) is -0.830. The average molecular weight is 447 g/mol. The second-order valence-electron chi connectivity index (χ2n) is 7.72. The molecule has 12 heteroatoms. The molecule has 2 amide bonds. The SMILES string of the molecule is CN(C(=O)C1CCN(S(=O)(=O)c2cc(C(N)=O)n(C)c2)CC1)[C@@H]1CCS(=O)(=O)C1. The van der Waals surface area contributed by atoms with Gasteiger partial charge in [0.15, 0.2) is 9.84 Å². The summed E-state index contributed by atoms with van der Waals surface area (Å²) < 4.78 is 51.7. The topological polar surface area (TPSA) is 140 Å². The first-order chi connectivity index (χ1) is 13.4. The molecule has 0 aliphatic carbocycles. The molecule has 0 aromatic carbocycles. The van der Waals surface area contributed by atoms with E-state index in [-0.39, 0.29) is 53.1 Å². The number of hydrogen-bond donors (Lipinski definition) is 1. The lowest BCUT2D eigenvalue weighted by Crippen LogP contribution is -2.46. The number of carbonyl (C=O) groups is 2. The molecular formula is C17H26N4O6S2. The zero-order valence-electron chi connectivity index (χ0n) is 16.4. The standard InChI is InChI=1S/C17H26N4O6S2/c1-19-10-14(9-15(19)16(18)22)29(26,27)21-6-3-12(4-7-21)17(23)20(2)13-5-8-28(24,25)11-13/h9-10,12-13H,3-8,11H2,1-2H3,(H2,18,22)/t13-/m1/s1. The number of sulfonamides is 1. The molecule has 29 heavy (non-hydrogen) atoms. The minimum absolute atomic E-state index is 0.00754. The fraction of sp³-hybridized carbons (Fsp3) is 0.647. The summed E-state index contributed by atoms with van der Waals surface area (Å²) in [5, 5.41) is 0. The van der Waals surface area contributed by atoms with Crippen LogP contribution < -0.4 is 5.73 Å². The lowest BCUT2D eigenvalue weighted by molar-refractivity contribution is -0.137. The summed E-state index contributed by atoms with van der Waals surface area (Å²) >= 11 is 0. The van der Waals surface area contributed by atoms with Crippen LogP contribution in [0.3, 0.4) is 0 Å². The normalized spacial score (nSPS) is 23.2. The van der Waals surface area contributed by atoms with Crippen LogP contribution in [0.4, 0.5) is 0 Å². The van der Waals surface area contributed by atoms with Gasteiger partial charge in [-0.05, 0) is 25.3 Å². The van der Waals surface area contributed by atoms with Crippen molar-refractivity contribution in [1.29, 1.82) is 0 Å². The summed E-state index contributed by atoms with van der Waals surface area (Å²) in [6.07, 6.45) is 2.50. The van der Waals surface area contributed by atoms with Gasteiger partial charge in [-0.3, -0.25) is 9.59 Å². The second-order valence-corrected chi connectivity index (χ2v) is 11.9. The third kappa shape index (κ3) is 4.33. The molecule has 2 fully saturated rings. The number of piperidine rings is 1. The minimum Gasteiger partial charge on any atom is -0.364 e. The Morgan fingerprint density at radius 2 is 1.83 bits per heavy atom. The van der Waals surface area contributed by atoms with E-state index in [0.29, 0.717) is 19.3 Å². The first kappa shape index (κ1) is 21.8. The molecule has 0 spiro atoms. The van der Waals surface area contributed by atoms with E-state index in [1.807, 2.05) is 0 Å². The highest BCUT2D eigenvalue weighted by Crippen LogP contribution is 2.27. The molecule has 1 aromatic rings. The Kier molecular flexibility index (Phi) is 5.80. The van der Waals surface area contributed by atoms with E-state index in [1.165, 1.54) is 26.0 Å². The fourth-order valence-electron chi connectivity index (χ4n) is 3.96. The van der Waals surface area contributed by atoms with E-state index in [2.05, 4.69) is 0 Å². The molecule has 2 aliphatic heterocycles. The van der Waals surface area contributed by atoms with Crippen LogP contribution in [0.25, 0.3) is 0 Å². The van der Waals surface area contributed by atoms with Gasteiger partial charge in [-0.25, -0.2) is 16.8 Å². The van der Waals surface area contributed by atoms with Gasteiger partial charge in [0.05, 0.1) is 11.5 Å². The third-order valence-electron chi connectivity index (χ3n) is 5.78. The van der Waals surface area contributed by atoms with Crippen molar-refractivity contribution in [1.82, 2.24) is 13.8 Å². The van der Waals surface area contributed by atoms with Crippen molar-refractivity contribution >= 4 is 31.7 Å². The van der Waals surface area contributed by atoms with Crippen LogP contribution in [0.2, 0.25) is 0 Å². The number of amides is 2. The molecule has 0 bridgehead atoms. The van der Waals surface area contributed by atoms with Crippen LogP contribution in [-0.2, 0) is 31.7 Å². The number of sulfone groups is 1. The van der Waals surface area contributed by atoms with Gasteiger partial charge in [0.25, 0.3) is 5.91 Å². The fourth-order valence-corrected chi connectivity index (χ4v) is 7.28. The number of primary amides is 1. The Bertz CT molecular complexity index is 1020. The van der Waals surface area contributed by atoms with Crippen molar-refractivity contribution in [2.75, 3.05) is 31.6 Å². The Hall–Kier alpha value is -1.92. The molecule has 162 valence electrons. The van der Waals surface area contributed by atoms with Crippen molar-refractivity contribution in [3.63, 3.8) is 0 Å². The summed E-state index contributed by atoms with van der Waals surface area (Å²) in [5.41, 5.74) is 5.35. The first-order valence-electron chi connectivity index (χ1n) is 9.36. The smallest absolute Gasteiger partial charge is 0.265 e. The van der Waals surface area contributed by atoms with Crippen molar-refractivity contribution in [3.8, 4) is 0 Å².